The lowest BCUT2D eigenvalue weighted by molar-refractivity contribution is 0.311. The van der Waals surface area contributed by atoms with Gasteiger partial charge in [0, 0.05) is 12.6 Å². The first-order chi connectivity index (χ1) is 5.83. The number of hydrogen-bond acceptors (Lipinski definition) is 3. The van der Waals surface area contributed by atoms with Crippen LogP contribution in [0.3, 0.4) is 0 Å². The standard InChI is InChI=1S/C9H20N2S/c1-12-7-4-9(10)8-11-5-2-3-6-11/h9H,2-8,10H2,1H3/t9-/m0/s1. The zero-order chi connectivity index (χ0) is 8.81. The van der Waals surface area contributed by atoms with Crippen LogP contribution in [0.5, 0.6) is 0 Å². The molecule has 1 heterocycles. The van der Waals surface area contributed by atoms with Crippen LogP contribution in [-0.2, 0) is 0 Å². The van der Waals surface area contributed by atoms with E-state index in [1.165, 1.54) is 31.7 Å². The molecule has 0 saturated carbocycles. The Bertz CT molecular complexity index is 113. The number of nitrogens with two attached hydrogens (primary N) is 1. The molecule has 0 aromatic heterocycles. The minimum atomic E-state index is 0.399. The van der Waals surface area contributed by atoms with Gasteiger partial charge in [0.2, 0.25) is 0 Å². The van der Waals surface area contributed by atoms with Crippen molar-refractivity contribution in [1.29, 1.82) is 0 Å². The fourth-order valence-corrected chi connectivity index (χ4v) is 2.20. The highest BCUT2D eigenvalue weighted by atomic mass is 32.2. The molecular formula is C9H20N2S. The Balaban J connectivity index is 2.03. The van der Waals surface area contributed by atoms with Gasteiger partial charge in [-0.3, -0.25) is 0 Å². The van der Waals surface area contributed by atoms with Gasteiger partial charge >= 0.3 is 0 Å². The summed E-state index contributed by atoms with van der Waals surface area (Å²) in [5, 5.41) is 0. The third-order valence-corrected chi connectivity index (χ3v) is 3.03. The van der Waals surface area contributed by atoms with Gasteiger partial charge in [-0.1, -0.05) is 0 Å². The summed E-state index contributed by atoms with van der Waals surface area (Å²) in [6, 6.07) is 0.399. The highest BCUT2D eigenvalue weighted by Crippen LogP contribution is 2.08. The van der Waals surface area contributed by atoms with E-state index in [2.05, 4.69) is 11.2 Å². The van der Waals surface area contributed by atoms with Crippen molar-refractivity contribution in [3.63, 3.8) is 0 Å². The van der Waals surface area contributed by atoms with Crippen LogP contribution in [0.4, 0.5) is 0 Å². The van der Waals surface area contributed by atoms with Crippen LogP contribution in [0.25, 0.3) is 0 Å². The normalized spacial score (nSPS) is 21.5. The van der Waals surface area contributed by atoms with Gasteiger partial charge in [-0.25, -0.2) is 0 Å². The van der Waals surface area contributed by atoms with Crippen LogP contribution in [0.15, 0.2) is 0 Å². The van der Waals surface area contributed by atoms with E-state index in [1.807, 2.05) is 11.8 Å². The maximum absolute atomic E-state index is 5.98. The monoisotopic (exact) mass is 188 g/mol. The third-order valence-electron chi connectivity index (χ3n) is 2.38. The SMILES string of the molecule is CSCC[C@H](N)CN1CCCC1. The van der Waals surface area contributed by atoms with E-state index in [9.17, 15) is 0 Å². The minimum Gasteiger partial charge on any atom is -0.327 e. The second kappa shape index (κ2) is 5.84. The fourth-order valence-electron chi connectivity index (χ4n) is 1.66. The van der Waals surface area contributed by atoms with Gasteiger partial charge in [-0.15, -0.1) is 0 Å². The van der Waals surface area contributed by atoms with Gasteiger partial charge in [-0.2, -0.15) is 11.8 Å². The van der Waals surface area contributed by atoms with Crippen molar-refractivity contribution in [1.82, 2.24) is 4.90 Å². The molecule has 2 N–H and O–H groups in total. The van der Waals surface area contributed by atoms with Crippen LogP contribution in [0.2, 0.25) is 0 Å². The first-order valence-electron chi connectivity index (χ1n) is 4.80. The molecule has 1 fully saturated rings. The van der Waals surface area contributed by atoms with Gasteiger partial charge < -0.3 is 10.6 Å². The Morgan fingerprint density at radius 3 is 2.67 bits per heavy atom. The summed E-state index contributed by atoms with van der Waals surface area (Å²) in [7, 11) is 0. The first kappa shape index (κ1) is 10.4. The second-order valence-corrected chi connectivity index (χ2v) is 4.53. The summed E-state index contributed by atoms with van der Waals surface area (Å²) >= 11 is 1.89. The van der Waals surface area contributed by atoms with Crippen molar-refractivity contribution in [3.8, 4) is 0 Å². The molecule has 0 amide bonds. The van der Waals surface area contributed by atoms with E-state index in [-0.39, 0.29) is 0 Å². The van der Waals surface area contributed by atoms with Gasteiger partial charge in [0.25, 0.3) is 0 Å². The number of rotatable bonds is 5. The first-order valence-corrected chi connectivity index (χ1v) is 6.19. The number of likely N-dealkylation sites (tertiary alicyclic amines) is 1. The molecule has 3 heteroatoms. The zero-order valence-corrected chi connectivity index (χ0v) is 8.78. The molecule has 0 aromatic carbocycles. The maximum atomic E-state index is 5.98. The molecule has 2 nitrogen and oxygen atoms in total. The van der Waals surface area contributed by atoms with Gasteiger partial charge in [0.1, 0.15) is 0 Å². The second-order valence-electron chi connectivity index (χ2n) is 3.55. The van der Waals surface area contributed by atoms with E-state index in [0.717, 1.165) is 13.0 Å². The van der Waals surface area contributed by atoms with E-state index >= 15 is 0 Å². The van der Waals surface area contributed by atoms with Gasteiger partial charge in [0.15, 0.2) is 0 Å². The molecule has 1 rings (SSSR count). The molecule has 0 radical (unpaired) electrons. The lowest BCUT2D eigenvalue weighted by Gasteiger charge is -2.19. The molecule has 12 heavy (non-hydrogen) atoms. The van der Waals surface area contributed by atoms with Crippen molar-refractivity contribution in [3.05, 3.63) is 0 Å². The van der Waals surface area contributed by atoms with Crippen molar-refractivity contribution in [2.24, 2.45) is 5.73 Å². The minimum absolute atomic E-state index is 0.399. The van der Waals surface area contributed by atoms with E-state index in [4.69, 9.17) is 5.73 Å². The molecule has 72 valence electrons. The van der Waals surface area contributed by atoms with Crippen LogP contribution in [0.1, 0.15) is 19.3 Å². The molecule has 1 aliphatic rings. The summed E-state index contributed by atoms with van der Waals surface area (Å²) in [5.41, 5.74) is 5.98. The molecule has 0 spiro atoms. The molecule has 0 aromatic rings. The predicted octanol–water partition coefficient (Wildman–Crippen LogP) is 1.16. The topological polar surface area (TPSA) is 29.3 Å². The summed E-state index contributed by atoms with van der Waals surface area (Å²) in [6.07, 6.45) is 6.05. The van der Waals surface area contributed by atoms with Gasteiger partial charge in [0.05, 0.1) is 0 Å². The lowest BCUT2D eigenvalue weighted by atomic mass is 10.2. The molecule has 0 unspecified atom stereocenters. The smallest absolute Gasteiger partial charge is 0.0175 e. The number of hydrogen-bond donors (Lipinski definition) is 1. The third kappa shape index (κ3) is 3.78. The lowest BCUT2D eigenvalue weighted by Crippen LogP contribution is -2.36. The molecule has 1 aliphatic heterocycles. The van der Waals surface area contributed by atoms with E-state index < -0.39 is 0 Å². The summed E-state index contributed by atoms with van der Waals surface area (Å²) < 4.78 is 0. The Morgan fingerprint density at radius 2 is 2.08 bits per heavy atom. The highest BCUT2D eigenvalue weighted by Gasteiger charge is 2.14. The largest absolute Gasteiger partial charge is 0.327 e. The van der Waals surface area contributed by atoms with Gasteiger partial charge in [-0.05, 0) is 44.4 Å². The van der Waals surface area contributed by atoms with Crippen molar-refractivity contribution < 1.29 is 0 Å². The van der Waals surface area contributed by atoms with Crippen molar-refractivity contribution in [2.45, 2.75) is 25.3 Å². The predicted molar refractivity (Wildman–Crippen MR) is 56.6 cm³/mol. The summed E-state index contributed by atoms with van der Waals surface area (Å²) in [5.74, 6) is 1.20. The van der Waals surface area contributed by atoms with Crippen LogP contribution in [-0.4, -0.2) is 42.6 Å². The quantitative estimate of drug-likeness (QED) is 0.702. The van der Waals surface area contributed by atoms with Crippen LogP contribution >= 0.6 is 11.8 Å². The average molecular weight is 188 g/mol. The Kier molecular flexibility index (Phi) is 5.04. The fraction of sp³-hybridized carbons (Fsp3) is 1.00. The molecule has 0 aliphatic carbocycles. The summed E-state index contributed by atoms with van der Waals surface area (Å²) in [6.45, 7) is 3.65. The number of nitrogens with zero attached hydrogens (tertiary/aromatic N) is 1. The Morgan fingerprint density at radius 1 is 1.42 bits per heavy atom. The highest BCUT2D eigenvalue weighted by molar-refractivity contribution is 7.98. The zero-order valence-electron chi connectivity index (χ0n) is 7.96. The molecule has 0 bridgehead atoms. The summed E-state index contributed by atoms with van der Waals surface area (Å²) in [4.78, 5) is 2.49. The van der Waals surface area contributed by atoms with Crippen LogP contribution < -0.4 is 5.73 Å². The Labute approximate surface area is 79.9 Å². The van der Waals surface area contributed by atoms with Crippen LogP contribution in [0, 0.1) is 0 Å². The van der Waals surface area contributed by atoms with E-state index in [1.54, 1.807) is 0 Å². The molecule has 1 saturated heterocycles. The molecule has 1 atom stereocenters. The van der Waals surface area contributed by atoms with Crippen molar-refractivity contribution in [2.75, 3.05) is 31.6 Å². The number of thioether (sulfide) groups is 1. The maximum Gasteiger partial charge on any atom is 0.0175 e. The Hall–Kier alpha value is 0.270. The van der Waals surface area contributed by atoms with Crippen molar-refractivity contribution >= 4 is 11.8 Å². The van der Waals surface area contributed by atoms with E-state index in [0.29, 0.717) is 6.04 Å². The average Bonchev–Trinajstić information content (AvgIpc) is 2.53. The molecular weight excluding hydrogens is 168 g/mol.